The van der Waals surface area contributed by atoms with Gasteiger partial charge in [-0.2, -0.15) is 0 Å². The summed E-state index contributed by atoms with van der Waals surface area (Å²) < 4.78 is 12.0. The Labute approximate surface area is 334 Å². The first kappa shape index (κ1) is 35.9. The van der Waals surface area contributed by atoms with Crippen LogP contribution in [0, 0.1) is 0 Å². The lowest BCUT2D eigenvalue weighted by Crippen LogP contribution is -2.49. The summed E-state index contributed by atoms with van der Waals surface area (Å²) in [6.07, 6.45) is 3.34. The summed E-state index contributed by atoms with van der Waals surface area (Å²) in [7, 11) is 0. The molecule has 2 amide bonds. The van der Waals surface area contributed by atoms with Crippen LogP contribution in [0.25, 0.3) is 12.2 Å². The second-order valence-corrected chi connectivity index (χ2v) is 13.3. The van der Waals surface area contributed by atoms with E-state index < -0.39 is 11.8 Å². The van der Waals surface area contributed by atoms with Crippen molar-refractivity contribution in [2.24, 2.45) is 9.98 Å². The Kier molecular flexibility index (Phi) is 10.3. The third-order valence-corrected chi connectivity index (χ3v) is 9.54. The summed E-state index contributed by atoms with van der Waals surface area (Å²) >= 11 is 12.0. The lowest BCUT2D eigenvalue weighted by molar-refractivity contribution is -0.121. The summed E-state index contributed by atoms with van der Waals surface area (Å²) in [6, 6.07) is 52.0. The summed E-state index contributed by atoms with van der Waals surface area (Å²) in [4.78, 5) is 40.6. The molecule has 2 aliphatic rings. The molecule has 8 rings (SSSR count). The Hall–Kier alpha value is -7.14. The van der Waals surface area contributed by atoms with E-state index >= 15 is 0 Å². The number of hydrogen-bond acceptors (Lipinski definition) is 8. The first-order valence-corrected chi connectivity index (χ1v) is 18.4. The summed E-state index contributed by atoms with van der Waals surface area (Å²) in [5.74, 6) is 2.11. The number of amides is 2. The van der Waals surface area contributed by atoms with Gasteiger partial charge in [0.05, 0.1) is 0 Å². The molecule has 10 heteroatoms. The van der Waals surface area contributed by atoms with Crippen LogP contribution in [-0.4, -0.2) is 43.3 Å². The van der Waals surface area contributed by atoms with Crippen LogP contribution in [0.4, 0.5) is 0 Å². The Bertz CT molecular complexity index is 2430. The van der Waals surface area contributed by atoms with E-state index in [1.807, 2.05) is 170 Å². The largest absolute Gasteiger partial charge is 0.457 e. The molecule has 0 bridgehead atoms. The van der Waals surface area contributed by atoms with Gasteiger partial charge in [0.15, 0.2) is 9.98 Å². The van der Waals surface area contributed by atoms with E-state index in [1.54, 1.807) is 12.2 Å². The number of amidine groups is 2. The van der Waals surface area contributed by atoms with Gasteiger partial charge in [0.2, 0.25) is 0 Å². The quantitative estimate of drug-likeness (QED) is 0.113. The van der Waals surface area contributed by atoms with Crippen LogP contribution < -0.4 is 9.47 Å². The van der Waals surface area contributed by atoms with Crippen molar-refractivity contribution in [3.8, 4) is 23.0 Å². The molecule has 0 unspecified atom stereocenters. The minimum Gasteiger partial charge on any atom is -0.457 e. The molecule has 6 aromatic rings. The molecular weight excluding hydrogens is 737 g/mol. The monoisotopic (exact) mass is 766 g/mol. The molecule has 0 radical (unpaired) electrons. The van der Waals surface area contributed by atoms with Gasteiger partial charge in [-0.05, 0) is 71.8 Å². The maximum Gasteiger partial charge on any atom is 0.283 e. The zero-order valence-corrected chi connectivity index (χ0v) is 31.2. The maximum absolute atomic E-state index is 14.3. The zero-order valence-electron chi connectivity index (χ0n) is 29.6. The van der Waals surface area contributed by atoms with Gasteiger partial charge >= 0.3 is 0 Å². The van der Waals surface area contributed by atoms with Gasteiger partial charge in [-0.15, -0.1) is 0 Å². The second kappa shape index (κ2) is 16.1. The zero-order chi connectivity index (χ0) is 38.4. The predicted molar refractivity (Wildman–Crippen MR) is 227 cm³/mol. The fourth-order valence-electron chi connectivity index (χ4n) is 6.06. The summed E-state index contributed by atoms with van der Waals surface area (Å²) in [5, 5.41) is 0. The molecule has 8 nitrogen and oxygen atoms in total. The minimum atomic E-state index is -0.499. The highest BCUT2D eigenvalue weighted by molar-refractivity contribution is 7.89. The van der Waals surface area contributed by atoms with E-state index in [0.29, 0.717) is 45.3 Å². The minimum absolute atomic E-state index is 0.0753. The van der Waals surface area contributed by atoms with Crippen LogP contribution in [0.5, 0.6) is 23.0 Å². The molecule has 270 valence electrons. The molecular formula is C46H30N4O4S2. The number of hydrogen-bond donors (Lipinski definition) is 0. The third kappa shape index (κ3) is 7.74. The van der Waals surface area contributed by atoms with E-state index in [4.69, 9.17) is 43.9 Å². The van der Waals surface area contributed by atoms with Crippen molar-refractivity contribution in [3.63, 3.8) is 0 Å². The van der Waals surface area contributed by atoms with E-state index in [-0.39, 0.29) is 33.0 Å². The highest BCUT2D eigenvalue weighted by atomic mass is 32.1. The van der Waals surface area contributed by atoms with Crippen molar-refractivity contribution in [2.45, 2.75) is 0 Å². The SMILES string of the molecule is O=C1C(=Cc2cccc(Oc3ccccc3)c2)N=C(c2ccccc2)N1C(=S)C(=S)N1C(=O)C(=Cc2cccc(Oc3ccccc3)c2)N=C1c1ccccc1. The number of rotatable bonds is 8. The van der Waals surface area contributed by atoms with Crippen molar-refractivity contribution in [3.05, 3.63) is 204 Å². The lowest BCUT2D eigenvalue weighted by atomic mass is 10.1. The first-order valence-electron chi connectivity index (χ1n) is 17.6. The number of aliphatic imine (C=N–C) groups is 2. The molecule has 0 fully saturated rings. The number of ether oxygens (including phenoxy) is 2. The molecule has 0 aromatic heterocycles. The smallest absolute Gasteiger partial charge is 0.283 e. The van der Waals surface area contributed by atoms with Gasteiger partial charge in [-0.3, -0.25) is 9.59 Å². The topological polar surface area (TPSA) is 83.8 Å². The fourth-order valence-corrected chi connectivity index (χ4v) is 6.59. The molecule has 0 atom stereocenters. The standard InChI is InChI=1S/C46H30N4O4S2/c51-43-39(29-31-15-13-25-37(27-31)53-35-21-9-3-10-22-35)47-41(33-17-5-1-6-18-33)49(43)45(55)46(56)50-42(34-19-7-2-8-20-34)48-40(44(50)52)30-32-16-14-26-38(28-32)54-36-23-11-4-12-24-36/h1-30H. The van der Waals surface area contributed by atoms with E-state index in [2.05, 4.69) is 0 Å². The highest BCUT2D eigenvalue weighted by Gasteiger charge is 2.41. The van der Waals surface area contributed by atoms with Gasteiger partial charge in [-0.25, -0.2) is 19.8 Å². The Morgan fingerprint density at radius 3 is 1.16 bits per heavy atom. The number of benzene rings is 6. The Balaban J connectivity index is 1.11. The van der Waals surface area contributed by atoms with Crippen LogP contribution in [0.1, 0.15) is 22.3 Å². The van der Waals surface area contributed by atoms with Gasteiger partial charge in [-0.1, -0.05) is 146 Å². The Morgan fingerprint density at radius 2 is 0.786 bits per heavy atom. The normalized spacial score (nSPS) is 15.2. The molecule has 6 aromatic carbocycles. The van der Waals surface area contributed by atoms with Crippen molar-refractivity contribution < 1.29 is 19.1 Å². The summed E-state index contributed by atoms with van der Waals surface area (Å²) in [5.41, 5.74) is 2.92. The number of para-hydroxylation sites is 2. The number of carbonyl (C=O) groups excluding carboxylic acids is 2. The summed E-state index contributed by atoms with van der Waals surface area (Å²) in [6.45, 7) is 0. The average Bonchev–Trinajstić information content (AvgIpc) is 3.73. The molecule has 0 aliphatic carbocycles. The van der Waals surface area contributed by atoms with Crippen LogP contribution in [0.2, 0.25) is 0 Å². The van der Waals surface area contributed by atoms with E-state index in [0.717, 1.165) is 0 Å². The van der Waals surface area contributed by atoms with Crippen molar-refractivity contribution in [1.29, 1.82) is 0 Å². The highest BCUT2D eigenvalue weighted by Crippen LogP contribution is 2.30. The molecule has 2 heterocycles. The third-order valence-electron chi connectivity index (χ3n) is 8.65. The van der Waals surface area contributed by atoms with E-state index in [1.165, 1.54) is 9.80 Å². The Morgan fingerprint density at radius 1 is 0.446 bits per heavy atom. The lowest BCUT2D eigenvalue weighted by Gasteiger charge is -2.25. The van der Waals surface area contributed by atoms with Crippen molar-refractivity contribution in [2.75, 3.05) is 0 Å². The molecule has 0 spiro atoms. The molecule has 56 heavy (non-hydrogen) atoms. The molecule has 2 aliphatic heterocycles. The van der Waals surface area contributed by atoms with Crippen LogP contribution in [-0.2, 0) is 9.59 Å². The van der Waals surface area contributed by atoms with Crippen LogP contribution in [0.15, 0.2) is 191 Å². The van der Waals surface area contributed by atoms with Crippen molar-refractivity contribution in [1.82, 2.24) is 9.80 Å². The predicted octanol–water partition coefficient (Wildman–Crippen LogP) is 9.89. The second-order valence-electron chi connectivity index (χ2n) is 12.5. The first-order chi connectivity index (χ1) is 27.4. The van der Waals surface area contributed by atoms with Crippen molar-refractivity contribution >= 4 is 70.1 Å². The van der Waals surface area contributed by atoms with Gasteiger partial charge in [0.25, 0.3) is 11.8 Å². The fraction of sp³-hybridized carbons (Fsp3) is 0. The van der Waals surface area contributed by atoms with Gasteiger partial charge in [0.1, 0.15) is 46.1 Å². The van der Waals surface area contributed by atoms with Crippen LogP contribution >= 0.6 is 24.4 Å². The molecule has 0 saturated heterocycles. The van der Waals surface area contributed by atoms with Gasteiger partial charge in [0, 0.05) is 11.1 Å². The van der Waals surface area contributed by atoms with Gasteiger partial charge < -0.3 is 9.47 Å². The number of carbonyl (C=O) groups is 2. The molecule has 0 N–H and O–H groups in total. The maximum atomic E-state index is 14.3. The number of nitrogens with zero attached hydrogens (tertiary/aromatic N) is 4. The average molecular weight is 767 g/mol. The van der Waals surface area contributed by atoms with Crippen LogP contribution in [0.3, 0.4) is 0 Å². The van der Waals surface area contributed by atoms with E-state index in [9.17, 15) is 9.59 Å². The number of thiocarbonyl (C=S) groups is 2. The molecule has 0 saturated carbocycles.